The summed E-state index contributed by atoms with van der Waals surface area (Å²) >= 11 is 1.65. The smallest absolute Gasteiger partial charge is 0.200 e. The van der Waals surface area contributed by atoms with Gasteiger partial charge in [-0.05, 0) is 48.2 Å². The first-order valence-electron chi connectivity index (χ1n) is 8.82. The average molecular weight is 432 g/mol. The van der Waals surface area contributed by atoms with Gasteiger partial charge >= 0.3 is 0 Å². The first-order valence-corrected chi connectivity index (χ1v) is 9.70. The summed E-state index contributed by atoms with van der Waals surface area (Å²) < 4.78 is 19.2. The highest BCUT2D eigenvalue weighted by Gasteiger charge is 2.18. The van der Waals surface area contributed by atoms with Gasteiger partial charge in [0.2, 0.25) is 5.43 Å². The molecule has 0 aliphatic carbocycles. The number of thiophene rings is 1. The minimum Gasteiger partial charge on any atom is -0.507 e. The van der Waals surface area contributed by atoms with Crippen molar-refractivity contribution in [2.45, 2.75) is 20.0 Å². The number of rotatable bonds is 5. The predicted molar refractivity (Wildman–Crippen MR) is 116 cm³/mol. The molecule has 0 radical (unpaired) electrons. The lowest BCUT2D eigenvalue weighted by Gasteiger charge is -2.12. The van der Waals surface area contributed by atoms with Crippen molar-refractivity contribution in [3.63, 3.8) is 0 Å². The average Bonchev–Trinajstić information content (AvgIpc) is 3.18. The lowest BCUT2D eigenvalue weighted by atomic mass is 10.0. The molecule has 0 aliphatic heterocycles. The van der Waals surface area contributed by atoms with E-state index in [1.54, 1.807) is 36.5 Å². The van der Waals surface area contributed by atoms with Gasteiger partial charge in [0, 0.05) is 18.0 Å². The number of aryl methyl sites for hydroxylation is 1. The minimum atomic E-state index is -0.365. The van der Waals surface area contributed by atoms with Gasteiger partial charge in [0.1, 0.15) is 22.9 Å². The van der Waals surface area contributed by atoms with E-state index in [2.05, 4.69) is 5.32 Å². The number of nitrogens with one attached hydrogen (secondary N) is 1. The molecule has 0 spiro atoms. The molecule has 2 aromatic carbocycles. The summed E-state index contributed by atoms with van der Waals surface area (Å²) in [7, 11) is 0. The zero-order chi connectivity index (χ0) is 19.7. The Bertz CT molecular complexity index is 1190. The van der Waals surface area contributed by atoms with Crippen LogP contribution >= 0.6 is 23.7 Å². The number of benzene rings is 2. The molecule has 4 nitrogen and oxygen atoms in total. The van der Waals surface area contributed by atoms with E-state index < -0.39 is 0 Å². The number of hydrogen-bond donors (Lipinski definition) is 2. The number of phenols is 1. The van der Waals surface area contributed by atoms with E-state index >= 15 is 0 Å². The van der Waals surface area contributed by atoms with E-state index in [9.17, 15) is 14.3 Å². The van der Waals surface area contributed by atoms with E-state index in [1.165, 1.54) is 23.1 Å². The van der Waals surface area contributed by atoms with Crippen LogP contribution in [0.1, 0.15) is 16.2 Å². The Hall–Kier alpha value is -2.67. The van der Waals surface area contributed by atoms with Crippen LogP contribution in [0.15, 0.2) is 63.1 Å². The molecule has 4 rings (SSSR count). The number of hydrogen-bond acceptors (Lipinski definition) is 5. The quantitative estimate of drug-likeness (QED) is 0.445. The van der Waals surface area contributed by atoms with Crippen LogP contribution in [-0.4, -0.2) is 5.11 Å². The lowest BCUT2D eigenvalue weighted by molar-refractivity contribution is 0.461. The van der Waals surface area contributed by atoms with E-state index in [-0.39, 0.29) is 29.4 Å². The third-order valence-corrected chi connectivity index (χ3v) is 5.51. The maximum Gasteiger partial charge on any atom is 0.200 e. The fourth-order valence-corrected chi connectivity index (χ4v) is 3.93. The van der Waals surface area contributed by atoms with Crippen LogP contribution in [0.25, 0.3) is 22.1 Å². The van der Waals surface area contributed by atoms with Gasteiger partial charge in [0.05, 0.1) is 16.5 Å². The number of fused-ring (bicyclic) bond motifs is 1. The van der Waals surface area contributed by atoms with Crippen LogP contribution in [0.5, 0.6) is 5.75 Å². The summed E-state index contributed by atoms with van der Waals surface area (Å²) in [6.07, 6.45) is 0. The Balaban J connectivity index is 0.00000240. The van der Waals surface area contributed by atoms with Gasteiger partial charge in [0.25, 0.3) is 0 Å². The molecule has 2 aromatic heterocycles. The van der Waals surface area contributed by atoms with Crippen molar-refractivity contribution >= 4 is 34.7 Å². The summed E-state index contributed by atoms with van der Waals surface area (Å²) in [6.45, 7) is 2.72. The first-order chi connectivity index (χ1) is 13.5. The number of aromatic hydroxyl groups is 1. The molecule has 0 unspecified atom stereocenters. The summed E-state index contributed by atoms with van der Waals surface area (Å²) in [5, 5.41) is 16.0. The summed E-state index contributed by atoms with van der Waals surface area (Å²) in [4.78, 5) is 14.3. The molecule has 2 heterocycles. The van der Waals surface area contributed by atoms with Gasteiger partial charge in [0.15, 0.2) is 0 Å². The van der Waals surface area contributed by atoms with Crippen LogP contribution in [0.2, 0.25) is 0 Å². The standard InChI is InChI=1S/C22H18FNO3S.ClH/c1-13-20(14-4-6-15(23)7-5-14)21(26)17-8-9-19(25)18(22(17)27-13)12-24-11-16-3-2-10-28-16;/h2-10,24-25H,11-12H2,1H3;1H. The Kier molecular flexibility index (Phi) is 6.37. The van der Waals surface area contributed by atoms with Crippen molar-refractivity contribution in [2.75, 3.05) is 0 Å². The third kappa shape index (κ3) is 4.19. The maximum atomic E-state index is 13.2. The van der Waals surface area contributed by atoms with Crippen molar-refractivity contribution < 1.29 is 13.9 Å². The molecular weight excluding hydrogens is 413 g/mol. The Morgan fingerprint density at radius 1 is 1.10 bits per heavy atom. The molecule has 0 fully saturated rings. The summed E-state index contributed by atoms with van der Waals surface area (Å²) in [5.74, 6) is 0.132. The summed E-state index contributed by atoms with van der Waals surface area (Å²) in [6, 6.07) is 12.8. The lowest BCUT2D eigenvalue weighted by Crippen LogP contribution is -2.14. The first kappa shape index (κ1) is 21.0. The molecule has 150 valence electrons. The van der Waals surface area contributed by atoms with Gasteiger partial charge in [-0.2, -0.15) is 0 Å². The minimum absolute atomic E-state index is 0. The van der Waals surface area contributed by atoms with E-state index in [1.807, 2.05) is 17.5 Å². The van der Waals surface area contributed by atoms with E-state index in [4.69, 9.17) is 4.42 Å². The predicted octanol–water partition coefficient (Wildman–Crippen LogP) is 5.39. The van der Waals surface area contributed by atoms with Crippen LogP contribution in [0, 0.1) is 12.7 Å². The molecule has 0 amide bonds. The molecule has 4 aromatic rings. The fraction of sp³-hybridized carbons (Fsp3) is 0.136. The second-order valence-corrected chi connectivity index (χ2v) is 7.52. The summed E-state index contributed by atoms with van der Waals surface area (Å²) in [5.41, 5.74) is 1.70. The number of halogens is 2. The monoisotopic (exact) mass is 431 g/mol. The molecule has 29 heavy (non-hydrogen) atoms. The SMILES string of the molecule is Cc1oc2c(CNCc3cccs3)c(O)ccc2c(=O)c1-c1ccc(F)cc1.Cl. The zero-order valence-electron chi connectivity index (χ0n) is 15.6. The van der Waals surface area contributed by atoms with E-state index in [0.29, 0.717) is 46.5 Å². The molecule has 0 saturated carbocycles. The second-order valence-electron chi connectivity index (χ2n) is 6.49. The molecule has 0 aliphatic rings. The van der Waals surface area contributed by atoms with Crippen molar-refractivity contribution in [2.24, 2.45) is 0 Å². The maximum absolute atomic E-state index is 13.2. The Labute approximate surface area is 177 Å². The normalized spacial score (nSPS) is 10.8. The van der Waals surface area contributed by atoms with Gasteiger partial charge in [-0.3, -0.25) is 4.79 Å². The van der Waals surface area contributed by atoms with Crippen molar-refractivity contribution in [3.05, 3.63) is 86.2 Å². The zero-order valence-corrected chi connectivity index (χ0v) is 17.2. The van der Waals surface area contributed by atoms with Gasteiger partial charge in [-0.15, -0.1) is 23.7 Å². The largest absolute Gasteiger partial charge is 0.507 e. The van der Waals surface area contributed by atoms with Crippen LogP contribution in [0.3, 0.4) is 0 Å². The van der Waals surface area contributed by atoms with E-state index in [0.717, 1.165) is 0 Å². The molecule has 0 bridgehead atoms. The molecular formula is C22H19ClFNO3S. The number of phenolic OH excluding ortho intramolecular Hbond substituents is 1. The highest BCUT2D eigenvalue weighted by atomic mass is 35.5. The fourth-order valence-electron chi connectivity index (χ4n) is 3.26. The topological polar surface area (TPSA) is 62.5 Å². The van der Waals surface area contributed by atoms with Crippen LogP contribution in [-0.2, 0) is 13.1 Å². The third-order valence-electron chi connectivity index (χ3n) is 4.63. The van der Waals surface area contributed by atoms with Gasteiger partial charge < -0.3 is 14.8 Å². The van der Waals surface area contributed by atoms with Crippen molar-refractivity contribution in [1.82, 2.24) is 5.32 Å². The van der Waals surface area contributed by atoms with Crippen LogP contribution in [0.4, 0.5) is 4.39 Å². The molecule has 7 heteroatoms. The Morgan fingerprint density at radius 3 is 2.55 bits per heavy atom. The van der Waals surface area contributed by atoms with Crippen molar-refractivity contribution in [3.8, 4) is 16.9 Å². The molecule has 2 N–H and O–H groups in total. The van der Waals surface area contributed by atoms with Crippen LogP contribution < -0.4 is 10.7 Å². The van der Waals surface area contributed by atoms with Gasteiger partial charge in [-0.25, -0.2) is 4.39 Å². The molecule has 0 atom stereocenters. The Morgan fingerprint density at radius 2 is 1.86 bits per heavy atom. The van der Waals surface area contributed by atoms with Crippen molar-refractivity contribution in [1.29, 1.82) is 0 Å². The van der Waals surface area contributed by atoms with Gasteiger partial charge in [-0.1, -0.05) is 18.2 Å². The highest BCUT2D eigenvalue weighted by molar-refractivity contribution is 7.09. The second kappa shape index (κ2) is 8.78. The highest BCUT2D eigenvalue weighted by Crippen LogP contribution is 2.30. The molecule has 0 saturated heterocycles.